The van der Waals surface area contributed by atoms with Crippen LogP contribution in [0, 0.1) is 5.82 Å². The zero-order valence-corrected chi connectivity index (χ0v) is 12.5. The third-order valence-corrected chi connectivity index (χ3v) is 4.21. The fourth-order valence-electron chi connectivity index (χ4n) is 1.74. The normalized spacial score (nSPS) is 13.5. The zero-order valence-electron chi connectivity index (χ0n) is 10.1. The van der Waals surface area contributed by atoms with E-state index < -0.39 is 23.0 Å². The molecule has 1 N–H and O–H groups in total. The molecule has 2 nitrogen and oxygen atoms in total. The van der Waals surface area contributed by atoms with Crippen LogP contribution in [0.2, 0.25) is 0 Å². The van der Waals surface area contributed by atoms with E-state index in [0.29, 0.717) is 20.7 Å². The van der Waals surface area contributed by atoms with Crippen molar-refractivity contribution in [3.63, 3.8) is 0 Å². The van der Waals surface area contributed by atoms with E-state index in [0.717, 1.165) is 6.20 Å². The van der Waals surface area contributed by atoms with Crippen molar-refractivity contribution in [2.45, 2.75) is 12.2 Å². The maximum atomic E-state index is 13.8. The van der Waals surface area contributed by atoms with E-state index in [1.54, 1.807) is 7.05 Å². The first-order valence-electron chi connectivity index (χ1n) is 5.48. The molecule has 0 radical (unpaired) electrons. The highest BCUT2D eigenvalue weighted by atomic mass is 79.9. The molecule has 20 heavy (non-hydrogen) atoms. The van der Waals surface area contributed by atoms with Gasteiger partial charge in [0.1, 0.15) is 5.82 Å². The van der Waals surface area contributed by atoms with Crippen LogP contribution < -0.4 is 5.32 Å². The van der Waals surface area contributed by atoms with Gasteiger partial charge in [0.15, 0.2) is 5.01 Å². The van der Waals surface area contributed by atoms with Crippen molar-refractivity contribution in [1.82, 2.24) is 10.3 Å². The van der Waals surface area contributed by atoms with Crippen LogP contribution in [0.5, 0.6) is 0 Å². The van der Waals surface area contributed by atoms with Crippen molar-refractivity contribution in [3.8, 4) is 0 Å². The number of halogens is 5. The number of hydrogen-bond acceptors (Lipinski definition) is 3. The first kappa shape index (κ1) is 15.4. The predicted octanol–water partition coefficient (Wildman–Crippen LogP) is 4.37. The topological polar surface area (TPSA) is 24.9 Å². The third kappa shape index (κ3) is 3.18. The number of thiazole rings is 1. The Morgan fingerprint density at radius 2 is 2.05 bits per heavy atom. The molecule has 0 fully saturated rings. The van der Waals surface area contributed by atoms with Gasteiger partial charge in [0.25, 0.3) is 0 Å². The first-order valence-corrected chi connectivity index (χ1v) is 7.09. The molecular weight excluding hydrogens is 360 g/mol. The molecule has 8 heteroatoms. The molecule has 0 amide bonds. The summed E-state index contributed by atoms with van der Waals surface area (Å²) < 4.78 is 52.2. The maximum absolute atomic E-state index is 13.8. The summed E-state index contributed by atoms with van der Waals surface area (Å²) in [7, 11) is 1.55. The lowest BCUT2D eigenvalue weighted by atomic mass is 10.1. The molecule has 0 aliphatic carbocycles. The van der Waals surface area contributed by atoms with E-state index >= 15 is 0 Å². The molecule has 1 unspecified atom stereocenters. The highest BCUT2D eigenvalue weighted by Crippen LogP contribution is 2.36. The van der Waals surface area contributed by atoms with E-state index in [-0.39, 0.29) is 5.56 Å². The molecular formula is C12H9BrF4N2S. The summed E-state index contributed by atoms with van der Waals surface area (Å²) in [6, 6.07) is 3.64. The summed E-state index contributed by atoms with van der Waals surface area (Å²) >= 11 is 3.72. The Labute approximate surface area is 125 Å². The van der Waals surface area contributed by atoms with Crippen molar-refractivity contribution in [2.24, 2.45) is 0 Å². The van der Waals surface area contributed by atoms with Crippen LogP contribution in [-0.4, -0.2) is 12.0 Å². The van der Waals surface area contributed by atoms with Gasteiger partial charge < -0.3 is 5.32 Å². The molecule has 108 valence electrons. The van der Waals surface area contributed by atoms with Gasteiger partial charge in [-0.2, -0.15) is 13.2 Å². The van der Waals surface area contributed by atoms with Gasteiger partial charge >= 0.3 is 6.18 Å². The minimum atomic E-state index is -4.49. The first-order chi connectivity index (χ1) is 9.32. The predicted molar refractivity (Wildman–Crippen MR) is 72.1 cm³/mol. The lowest BCUT2D eigenvalue weighted by Gasteiger charge is -2.15. The standard InChI is InChI=1S/C12H9BrF4N2S/c1-18-10(7-4-6(13)2-3-8(7)14)9-5-19-11(20-9)12(15,16)17/h2-5,10,18H,1H3. The summed E-state index contributed by atoms with van der Waals surface area (Å²) in [6.45, 7) is 0. The molecule has 1 aromatic heterocycles. The van der Waals surface area contributed by atoms with Crippen molar-refractivity contribution < 1.29 is 17.6 Å². The van der Waals surface area contributed by atoms with Gasteiger partial charge in [-0.05, 0) is 25.2 Å². The van der Waals surface area contributed by atoms with Gasteiger partial charge in [-0.1, -0.05) is 15.9 Å². The van der Waals surface area contributed by atoms with Crippen LogP contribution in [0.3, 0.4) is 0 Å². The van der Waals surface area contributed by atoms with Crippen molar-refractivity contribution in [1.29, 1.82) is 0 Å². The minimum Gasteiger partial charge on any atom is -0.309 e. The Hall–Kier alpha value is -0.990. The number of benzene rings is 1. The van der Waals surface area contributed by atoms with Gasteiger partial charge in [0.05, 0.1) is 6.04 Å². The lowest BCUT2D eigenvalue weighted by molar-refractivity contribution is -0.137. The number of nitrogens with one attached hydrogen (secondary N) is 1. The summed E-state index contributed by atoms with van der Waals surface area (Å²) in [5.41, 5.74) is 0.263. The fraction of sp³-hybridized carbons (Fsp3) is 0.250. The van der Waals surface area contributed by atoms with Crippen LogP contribution in [0.1, 0.15) is 21.5 Å². The average molecular weight is 369 g/mol. The van der Waals surface area contributed by atoms with Gasteiger partial charge in [-0.3, -0.25) is 0 Å². The summed E-state index contributed by atoms with van der Waals surface area (Å²) in [5, 5.41) is 1.87. The number of alkyl halides is 3. The summed E-state index contributed by atoms with van der Waals surface area (Å²) in [5.74, 6) is -0.491. The van der Waals surface area contributed by atoms with E-state index in [1.165, 1.54) is 18.2 Å². The summed E-state index contributed by atoms with van der Waals surface area (Å²) in [6.07, 6.45) is -3.37. The highest BCUT2D eigenvalue weighted by Gasteiger charge is 2.35. The summed E-state index contributed by atoms with van der Waals surface area (Å²) in [4.78, 5) is 3.66. The maximum Gasteiger partial charge on any atom is 0.443 e. The van der Waals surface area contributed by atoms with Crippen molar-refractivity contribution in [2.75, 3.05) is 7.05 Å². The van der Waals surface area contributed by atoms with Crippen LogP contribution >= 0.6 is 27.3 Å². The lowest BCUT2D eigenvalue weighted by Crippen LogP contribution is -2.18. The van der Waals surface area contributed by atoms with Gasteiger partial charge in [0, 0.05) is 21.1 Å². The van der Waals surface area contributed by atoms with E-state index in [9.17, 15) is 17.6 Å². The molecule has 2 aromatic rings. The number of hydrogen-bond donors (Lipinski definition) is 1. The third-order valence-electron chi connectivity index (χ3n) is 2.61. The quantitative estimate of drug-likeness (QED) is 0.813. The monoisotopic (exact) mass is 368 g/mol. The van der Waals surface area contributed by atoms with Gasteiger partial charge in [-0.25, -0.2) is 9.37 Å². The molecule has 1 aromatic carbocycles. The van der Waals surface area contributed by atoms with Crippen molar-refractivity contribution >= 4 is 27.3 Å². The smallest absolute Gasteiger partial charge is 0.309 e. The second kappa shape index (κ2) is 5.79. The second-order valence-corrected chi connectivity index (χ2v) is 5.93. The van der Waals surface area contributed by atoms with Gasteiger partial charge in [-0.15, -0.1) is 11.3 Å². The molecule has 0 saturated heterocycles. The zero-order chi connectivity index (χ0) is 14.9. The average Bonchev–Trinajstić information content (AvgIpc) is 2.84. The second-order valence-electron chi connectivity index (χ2n) is 3.95. The molecule has 2 rings (SSSR count). The highest BCUT2D eigenvalue weighted by molar-refractivity contribution is 9.10. The Morgan fingerprint density at radius 1 is 1.35 bits per heavy atom. The van der Waals surface area contributed by atoms with Gasteiger partial charge in [0.2, 0.25) is 0 Å². The molecule has 0 spiro atoms. The SMILES string of the molecule is CNC(c1cnc(C(F)(F)F)s1)c1cc(Br)ccc1F. The van der Waals surface area contributed by atoms with E-state index in [4.69, 9.17) is 0 Å². The van der Waals surface area contributed by atoms with Crippen molar-refractivity contribution in [3.05, 3.63) is 50.1 Å². The Kier molecular flexibility index (Phi) is 4.46. The molecule has 0 aliphatic heterocycles. The number of nitrogens with zero attached hydrogens (tertiary/aromatic N) is 1. The van der Waals surface area contributed by atoms with Crippen LogP contribution in [0.4, 0.5) is 17.6 Å². The molecule has 0 aliphatic rings. The molecule has 1 heterocycles. The number of rotatable bonds is 3. The fourth-order valence-corrected chi connectivity index (χ4v) is 3.03. The van der Waals surface area contributed by atoms with Crippen LogP contribution in [0.25, 0.3) is 0 Å². The number of aromatic nitrogens is 1. The Morgan fingerprint density at radius 3 is 2.60 bits per heavy atom. The van der Waals surface area contributed by atoms with Crippen LogP contribution in [0.15, 0.2) is 28.9 Å². The minimum absolute atomic E-state index is 0.263. The van der Waals surface area contributed by atoms with E-state index in [2.05, 4.69) is 26.2 Å². The Bertz CT molecular complexity index is 612. The largest absolute Gasteiger partial charge is 0.443 e. The molecule has 0 saturated carbocycles. The molecule has 0 bridgehead atoms. The van der Waals surface area contributed by atoms with E-state index in [1.807, 2.05) is 0 Å². The van der Waals surface area contributed by atoms with Crippen LogP contribution in [-0.2, 0) is 6.18 Å². The molecule has 1 atom stereocenters. The Balaban J connectivity index is 2.42.